The highest BCUT2D eigenvalue weighted by atomic mass is 32.2. The van der Waals surface area contributed by atoms with Crippen molar-refractivity contribution in [1.82, 2.24) is 4.98 Å². The van der Waals surface area contributed by atoms with E-state index in [0.29, 0.717) is 6.61 Å². The molecule has 5 nitrogen and oxygen atoms in total. The third kappa shape index (κ3) is 3.43. The Morgan fingerprint density at radius 2 is 2.00 bits per heavy atom. The summed E-state index contributed by atoms with van der Waals surface area (Å²) in [5.74, 6) is 0. The maximum absolute atomic E-state index is 11.2. The van der Waals surface area contributed by atoms with Crippen LogP contribution in [0, 0.1) is 0 Å². The minimum absolute atomic E-state index is 0.0394. The Hall–Kier alpha value is -1.28. The molecule has 0 spiro atoms. The van der Waals surface area contributed by atoms with Crippen molar-refractivity contribution >= 4 is 21.4 Å². The number of benzene rings is 1. The van der Waals surface area contributed by atoms with Crippen LogP contribution in [0.25, 0.3) is 11.3 Å². The highest BCUT2D eigenvalue weighted by Crippen LogP contribution is 2.27. The zero-order chi connectivity index (χ0) is 14.8. The predicted molar refractivity (Wildman–Crippen MR) is 79.0 cm³/mol. The van der Waals surface area contributed by atoms with E-state index in [0.717, 1.165) is 16.3 Å². The Balaban J connectivity index is 2.24. The van der Waals surface area contributed by atoms with Crippen molar-refractivity contribution in [2.24, 2.45) is 5.14 Å². The zero-order valence-electron chi connectivity index (χ0n) is 11.2. The molecular weight excluding hydrogens is 296 g/mol. The van der Waals surface area contributed by atoms with Crippen molar-refractivity contribution in [3.8, 4) is 11.3 Å². The van der Waals surface area contributed by atoms with Crippen LogP contribution in [0.1, 0.15) is 25.0 Å². The lowest BCUT2D eigenvalue weighted by Crippen LogP contribution is -2.11. The number of rotatable bonds is 5. The van der Waals surface area contributed by atoms with Crippen molar-refractivity contribution < 1.29 is 13.2 Å². The second-order valence-corrected chi connectivity index (χ2v) is 6.69. The highest BCUT2D eigenvalue weighted by Gasteiger charge is 2.12. The molecule has 2 rings (SSSR count). The molecule has 1 unspecified atom stereocenters. The summed E-state index contributed by atoms with van der Waals surface area (Å²) in [6.07, 6.45) is -0.0394. The average Bonchev–Trinajstić information content (AvgIpc) is 2.88. The van der Waals surface area contributed by atoms with Gasteiger partial charge in [-0.15, -0.1) is 11.3 Å². The predicted octanol–water partition coefficient (Wildman–Crippen LogP) is 2.56. The first-order valence-electron chi connectivity index (χ1n) is 6.12. The van der Waals surface area contributed by atoms with Crippen LogP contribution in [0.2, 0.25) is 0 Å². The van der Waals surface area contributed by atoms with Gasteiger partial charge in [0.1, 0.15) is 11.1 Å². The van der Waals surface area contributed by atoms with Crippen molar-refractivity contribution in [3.05, 3.63) is 34.7 Å². The molecule has 0 aliphatic heterocycles. The van der Waals surface area contributed by atoms with Crippen LogP contribution in [0.4, 0.5) is 0 Å². The lowest BCUT2D eigenvalue weighted by Gasteiger charge is -2.07. The normalized spacial score (nSPS) is 13.3. The van der Waals surface area contributed by atoms with Crippen LogP contribution in [0.15, 0.2) is 34.5 Å². The minimum Gasteiger partial charge on any atom is -0.372 e. The highest BCUT2D eigenvalue weighted by molar-refractivity contribution is 7.89. The fourth-order valence-electron chi connectivity index (χ4n) is 1.74. The van der Waals surface area contributed by atoms with E-state index >= 15 is 0 Å². The van der Waals surface area contributed by atoms with Crippen LogP contribution < -0.4 is 5.14 Å². The summed E-state index contributed by atoms with van der Waals surface area (Å²) in [5, 5.41) is 7.89. The van der Waals surface area contributed by atoms with Gasteiger partial charge in [0, 0.05) is 17.6 Å². The lowest BCUT2D eigenvalue weighted by molar-refractivity contribution is 0.0762. The van der Waals surface area contributed by atoms with E-state index in [-0.39, 0.29) is 11.0 Å². The van der Waals surface area contributed by atoms with Crippen LogP contribution >= 0.6 is 11.3 Å². The van der Waals surface area contributed by atoms with Crippen LogP contribution in [0.3, 0.4) is 0 Å². The first-order chi connectivity index (χ1) is 9.41. The van der Waals surface area contributed by atoms with Gasteiger partial charge in [0.2, 0.25) is 10.0 Å². The fourth-order valence-corrected chi connectivity index (χ4v) is 3.09. The molecular formula is C13H16N2O3S2. The number of nitrogens with zero attached hydrogens (tertiary/aromatic N) is 1. The summed E-state index contributed by atoms with van der Waals surface area (Å²) in [6.45, 7) is 4.53. The molecule has 0 aliphatic rings. The van der Waals surface area contributed by atoms with Gasteiger partial charge in [-0.3, -0.25) is 0 Å². The number of ether oxygens (including phenoxy) is 1. The number of hydrogen-bond acceptors (Lipinski definition) is 5. The number of thiazole rings is 1. The van der Waals surface area contributed by atoms with Gasteiger partial charge in [-0.25, -0.2) is 18.5 Å². The molecule has 0 bridgehead atoms. The standard InChI is InChI=1S/C13H16N2O3S2/c1-3-18-9(2)13-15-12(8-19-13)10-4-6-11(7-5-10)20(14,16)17/h4-9H,3H2,1-2H3,(H2,14,16,17). The van der Waals surface area contributed by atoms with Crippen LogP contribution in [-0.4, -0.2) is 20.0 Å². The maximum Gasteiger partial charge on any atom is 0.238 e. The molecule has 108 valence electrons. The van der Waals surface area contributed by atoms with E-state index in [9.17, 15) is 8.42 Å². The van der Waals surface area contributed by atoms with E-state index < -0.39 is 10.0 Å². The smallest absolute Gasteiger partial charge is 0.238 e. The van der Waals surface area contributed by atoms with Gasteiger partial charge in [-0.05, 0) is 26.0 Å². The molecule has 2 N–H and O–H groups in total. The van der Waals surface area contributed by atoms with Crippen molar-refractivity contribution in [2.45, 2.75) is 24.8 Å². The Morgan fingerprint density at radius 3 is 2.55 bits per heavy atom. The second kappa shape index (κ2) is 6.01. The fraction of sp³-hybridized carbons (Fsp3) is 0.308. The van der Waals surface area contributed by atoms with Crippen LogP contribution in [-0.2, 0) is 14.8 Å². The van der Waals surface area contributed by atoms with E-state index in [1.165, 1.54) is 23.5 Å². The van der Waals surface area contributed by atoms with Gasteiger partial charge >= 0.3 is 0 Å². The van der Waals surface area contributed by atoms with Gasteiger partial charge in [0.05, 0.1) is 10.6 Å². The summed E-state index contributed by atoms with van der Waals surface area (Å²) in [5.41, 5.74) is 1.65. The molecule has 0 aliphatic carbocycles. The number of nitrogens with two attached hydrogens (primary N) is 1. The number of aromatic nitrogens is 1. The molecule has 2 aromatic rings. The van der Waals surface area contributed by atoms with Gasteiger partial charge in [-0.2, -0.15) is 0 Å². The molecule has 1 heterocycles. The minimum atomic E-state index is -3.66. The van der Waals surface area contributed by atoms with E-state index in [2.05, 4.69) is 4.98 Å². The SMILES string of the molecule is CCOC(C)c1nc(-c2ccc(S(N)(=O)=O)cc2)cs1. The molecule has 1 aromatic carbocycles. The molecule has 7 heteroatoms. The van der Waals surface area contributed by atoms with Crippen molar-refractivity contribution in [2.75, 3.05) is 6.61 Å². The first kappa shape index (κ1) is 15.1. The first-order valence-corrected chi connectivity index (χ1v) is 8.54. The van der Waals surface area contributed by atoms with E-state index in [1.807, 2.05) is 19.2 Å². The summed E-state index contributed by atoms with van der Waals surface area (Å²) in [4.78, 5) is 4.60. The van der Waals surface area contributed by atoms with Crippen molar-refractivity contribution in [3.63, 3.8) is 0 Å². The molecule has 0 saturated carbocycles. The lowest BCUT2D eigenvalue weighted by atomic mass is 10.2. The average molecular weight is 312 g/mol. The number of primary sulfonamides is 1. The Morgan fingerprint density at radius 1 is 1.35 bits per heavy atom. The van der Waals surface area contributed by atoms with Crippen molar-refractivity contribution in [1.29, 1.82) is 0 Å². The second-order valence-electron chi connectivity index (χ2n) is 4.24. The quantitative estimate of drug-likeness (QED) is 0.919. The molecule has 1 aromatic heterocycles. The summed E-state index contributed by atoms with van der Waals surface area (Å²) >= 11 is 1.52. The number of hydrogen-bond donors (Lipinski definition) is 1. The third-order valence-corrected chi connectivity index (χ3v) is 4.70. The van der Waals surface area contributed by atoms with Gasteiger partial charge in [0.15, 0.2) is 0 Å². The zero-order valence-corrected chi connectivity index (χ0v) is 12.9. The van der Waals surface area contributed by atoms with Gasteiger partial charge in [-0.1, -0.05) is 12.1 Å². The molecule has 0 fully saturated rings. The van der Waals surface area contributed by atoms with Crippen LogP contribution in [0.5, 0.6) is 0 Å². The number of sulfonamides is 1. The topological polar surface area (TPSA) is 82.3 Å². The molecule has 20 heavy (non-hydrogen) atoms. The maximum atomic E-state index is 11.2. The summed E-state index contributed by atoms with van der Waals surface area (Å²) in [7, 11) is -3.66. The van der Waals surface area contributed by atoms with E-state index in [1.54, 1.807) is 12.1 Å². The Labute approximate surface area is 122 Å². The molecule has 0 amide bonds. The molecule has 0 saturated heterocycles. The van der Waals surface area contributed by atoms with E-state index in [4.69, 9.17) is 9.88 Å². The Bertz CT molecular complexity index is 678. The third-order valence-electron chi connectivity index (χ3n) is 2.76. The summed E-state index contributed by atoms with van der Waals surface area (Å²) in [6, 6.07) is 6.36. The summed E-state index contributed by atoms with van der Waals surface area (Å²) < 4.78 is 27.9. The molecule has 1 atom stereocenters. The Kier molecular flexibility index (Phi) is 4.54. The van der Waals surface area contributed by atoms with Gasteiger partial charge in [0.25, 0.3) is 0 Å². The molecule has 0 radical (unpaired) electrons. The monoisotopic (exact) mass is 312 g/mol. The van der Waals surface area contributed by atoms with Gasteiger partial charge < -0.3 is 4.74 Å². The largest absolute Gasteiger partial charge is 0.372 e.